The van der Waals surface area contributed by atoms with E-state index in [0.717, 1.165) is 30.5 Å². The molecule has 1 aromatic carbocycles. The Morgan fingerprint density at radius 1 is 1.27 bits per heavy atom. The maximum absolute atomic E-state index is 10.1. The zero-order chi connectivity index (χ0) is 11.3. The van der Waals surface area contributed by atoms with E-state index in [1.807, 2.05) is 43.3 Å². The Morgan fingerprint density at radius 3 is 2.53 bits per heavy atom. The maximum Gasteiger partial charge on any atom is 0.0810 e. The number of rotatable bonds is 5. The molecule has 0 saturated carbocycles. The number of aliphatic hydroxyl groups excluding tert-OH is 1. The van der Waals surface area contributed by atoms with Crippen LogP contribution in [0.25, 0.3) is 0 Å². The largest absolute Gasteiger partial charge is 0.388 e. The summed E-state index contributed by atoms with van der Waals surface area (Å²) in [6, 6.07) is 8.04. The number of aliphatic hydroxyl groups is 1. The van der Waals surface area contributed by atoms with Gasteiger partial charge in [-0.25, -0.2) is 0 Å². The molecular weight excluding hydrogens is 186 g/mol. The minimum absolute atomic E-state index is 0.330. The van der Waals surface area contributed by atoms with E-state index < -0.39 is 0 Å². The molecule has 0 aliphatic rings. The molecule has 1 atom stereocenters. The number of hydrogen-bond acceptors (Lipinski definition) is 2. The lowest BCUT2D eigenvalue weighted by Gasteiger charge is -2.20. The molecule has 0 radical (unpaired) electrons. The highest BCUT2D eigenvalue weighted by Gasteiger charge is 2.12. The van der Waals surface area contributed by atoms with Crippen molar-refractivity contribution in [3.8, 4) is 0 Å². The van der Waals surface area contributed by atoms with E-state index >= 15 is 0 Å². The van der Waals surface area contributed by atoms with Gasteiger partial charge in [0.15, 0.2) is 0 Å². The molecule has 0 fully saturated rings. The van der Waals surface area contributed by atoms with Crippen LogP contribution >= 0.6 is 0 Å². The van der Waals surface area contributed by atoms with Gasteiger partial charge in [0, 0.05) is 25.3 Å². The van der Waals surface area contributed by atoms with E-state index in [1.54, 1.807) is 0 Å². The van der Waals surface area contributed by atoms with Crippen LogP contribution in [0, 0.1) is 0 Å². The van der Waals surface area contributed by atoms with Crippen molar-refractivity contribution in [2.75, 3.05) is 19.0 Å². The fourth-order valence-electron chi connectivity index (χ4n) is 1.73. The van der Waals surface area contributed by atoms with Crippen molar-refractivity contribution in [3.63, 3.8) is 0 Å². The highest BCUT2D eigenvalue weighted by Crippen LogP contribution is 2.27. The molecule has 1 aromatic rings. The first kappa shape index (κ1) is 12.1. The van der Waals surface area contributed by atoms with Crippen molar-refractivity contribution < 1.29 is 5.11 Å². The molecule has 0 spiro atoms. The Bertz CT molecular complexity index is 296. The molecule has 2 heteroatoms. The molecule has 0 aliphatic carbocycles. The Kier molecular flexibility index (Phi) is 4.63. The van der Waals surface area contributed by atoms with Gasteiger partial charge in [-0.05, 0) is 12.5 Å². The summed E-state index contributed by atoms with van der Waals surface area (Å²) in [4.78, 5) is 2.05. The van der Waals surface area contributed by atoms with Gasteiger partial charge < -0.3 is 10.0 Å². The number of nitrogens with zero attached hydrogens (tertiary/aromatic N) is 1. The van der Waals surface area contributed by atoms with E-state index in [0.29, 0.717) is 0 Å². The molecule has 0 bridgehead atoms. The van der Waals surface area contributed by atoms with Crippen LogP contribution in [0.2, 0.25) is 0 Å². The van der Waals surface area contributed by atoms with Gasteiger partial charge in [0.25, 0.3) is 0 Å². The lowest BCUT2D eigenvalue weighted by atomic mass is 10.0. The van der Waals surface area contributed by atoms with Gasteiger partial charge in [-0.2, -0.15) is 0 Å². The van der Waals surface area contributed by atoms with Crippen LogP contribution in [0.1, 0.15) is 37.9 Å². The molecule has 0 amide bonds. The number of benzene rings is 1. The van der Waals surface area contributed by atoms with Gasteiger partial charge >= 0.3 is 0 Å². The van der Waals surface area contributed by atoms with Crippen molar-refractivity contribution in [2.24, 2.45) is 0 Å². The Balaban J connectivity index is 2.82. The average Bonchev–Trinajstić information content (AvgIpc) is 2.25. The lowest BCUT2D eigenvalue weighted by Crippen LogP contribution is -2.13. The predicted octanol–water partition coefficient (Wildman–Crippen LogP) is 2.98. The summed E-state index contributed by atoms with van der Waals surface area (Å²) in [7, 11) is 4.01. The Labute approximate surface area is 92.5 Å². The molecule has 0 aliphatic heterocycles. The Hall–Kier alpha value is -1.02. The fraction of sp³-hybridized carbons (Fsp3) is 0.538. The molecule has 84 valence electrons. The molecule has 0 aromatic heterocycles. The number of unbranched alkanes of at least 4 members (excludes halogenated alkanes) is 1. The van der Waals surface area contributed by atoms with Crippen molar-refractivity contribution in [2.45, 2.75) is 32.3 Å². The summed E-state index contributed by atoms with van der Waals surface area (Å²) >= 11 is 0. The second-order valence-corrected chi connectivity index (χ2v) is 4.11. The van der Waals surface area contributed by atoms with Crippen LogP contribution in [0.5, 0.6) is 0 Å². The number of para-hydroxylation sites is 1. The molecule has 0 heterocycles. The van der Waals surface area contributed by atoms with Crippen LogP contribution in [-0.2, 0) is 0 Å². The van der Waals surface area contributed by atoms with E-state index in [2.05, 4.69) is 6.92 Å². The summed E-state index contributed by atoms with van der Waals surface area (Å²) in [6.45, 7) is 2.14. The fourth-order valence-corrected chi connectivity index (χ4v) is 1.73. The predicted molar refractivity (Wildman–Crippen MR) is 65.3 cm³/mol. The van der Waals surface area contributed by atoms with Crippen LogP contribution in [0.4, 0.5) is 5.69 Å². The van der Waals surface area contributed by atoms with Gasteiger partial charge in [0.1, 0.15) is 0 Å². The first-order valence-corrected chi connectivity index (χ1v) is 5.61. The summed E-state index contributed by atoms with van der Waals surface area (Å²) in [5.74, 6) is 0. The zero-order valence-corrected chi connectivity index (χ0v) is 9.90. The minimum atomic E-state index is -0.330. The number of hydrogen-bond donors (Lipinski definition) is 1. The third-order valence-corrected chi connectivity index (χ3v) is 2.61. The summed E-state index contributed by atoms with van der Waals surface area (Å²) in [5.41, 5.74) is 2.15. The van der Waals surface area contributed by atoms with Crippen LogP contribution in [0.15, 0.2) is 24.3 Å². The van der Waals surface area contributed by atoms with E-state index in [1.165, 1.54) is 0 Å². The SMILES string of the molecule is CCCCC(O)c1ccccc1N(C)C. The van der Waals surface area contributed by atoms with Gasteiger partial charge in [0.05, 0.1) is 6.10 Å². The first-order chi connectivity index (χ1) is 7.16. The van der Waals surface area contributed by atoms with Crippen LogP contribution < -0.4 is 4.90 Å². The molecule has 1 unspecified atom stereocenters. The molecule has 1 rings (SSSR count). The van der Waals surface area contributed by atoms with Crippen LogP contribution in [-0.4, -0.2) is 19.2 Å². The zero-order valence-electron chi connectivity index (χ0n) is 9.90. The van der Waals surface area contributed by atoms with Crippen molar-refractivity contribution >= 4 is 5.69 Å². The van der Waals surface area contributed by atoms with Gasteiger partial charge in [-0.3, -0.25) is 0 Å². The smallest absolute Gasteiger partial charge is 0.0810 e. The summed E-state index contributed by atoms with van der Waals surface area (Å²) in [6.07, 6.45) is 2.72. The molecule has 15 heavy (non-hydrogen) atoms. The second-order valence-electron chi connectivity index (χ2n) is 4.11. The maximum atomic E-state index is 10.1. The standard InChI is InChI=1S/C13H21NO/c1-4-5-10-13(15)11-8-6-7-9-12(11)14(2)3/h6-9,13,15H,4-5,10H2,1-3H3. The number of anilines is 1. The van der Waals surface area contributed by atoms with Crippen molar-refractivity contribution in [1.29, 1.82) is 0 Å². The van der Waals surface area contributed by atoms with E-state index in [4.69, 9.17) is 0 Å². The normalized spacial score (nSPS) is 12.5. The van der Waals surface area contributed by atoms with Crippen molar-refractivity contribution in [3.05, 3.63) is 29.8 Å². The monoisotopic (exact) mass is 207 g/mol. The quantitative estimate of drug-likeness (QED) is 0.802. The third-order valence-electron chi connectivity index (χ3n) is 2.61. The van der Waals surface area contributed by atoms with Crippen LogP contribution in [0.3, 0.4) is 0 Å². The van der Waals surface area contributed by atoms with Gasteiger partial charge in [-0.15, -0.1) is 0 Å². The summed E-state index contributed by atoms with van der Waals surface area (Å²) in [5, 5.41) is 10.1. The van der Waals surface area contributed by atoms with Gasteiger partial charge in [-0.1, -0.05) is 38.0 Å². The van der Waals surface area contributed by atoms with Crippen molar-refractivity contribution in [1.82, 2.24) is 0 Å². The van der Waals surface area contributed by atoms with Gasteiger partial charge in [0.2, 0.25) is 0 Å². The highest BCUT2D eigenvalue weighted by molar-refractivity contribution is 5.53. The highest BCUT2D eigenvalue weighted by atomic mass is 16.3. The average molecular weight is 207 g/mol. The molecule has 0 saturated heterocycles. The topological polar surface area (TPSA) is 23.5 Å². The molecular formula is C13H21NO. The molecule has 1 N–H and O–H groups in total. The Morgan fingerprint density at radius 2 is 1.93 bits per heavy atom. The van der Waals surface area contributed by atoms with E-state index in [9.17, 15) is 5.11 Å². The lowest BCUT2D eigenvalue weighted by molar-refractivity contribution is 0.164. The van der Waals surface area contributed by atoms with E-state index in [-0.39, 0.29) is 6.10 Å². The summed E-state index contributed by atoms with van der Waals surface area (Å²) < 4.78 is 0. The minimum Gasteiger partial charge on any atom is -0.388 e. The molecule has 2 nitrogen and oxygen atoms in total. The third kappa shape index (κ3) is 3.24. The second kappa shape index (κ2) is 5.76. The first-order valence-electron chi connectivity index (χ1n) is 5.61.